The molecule has 0 bridgehead atoms. The van der Waals surface area contributed by atoms with Crippen LogP contribution in [0.4, 0.5) is 5.82 Å². The van der Waals surface area contributed by atoms with Gasteiger partial charge in [0.05, 0.1) is 5.69 Å². The fraction of sp³-hybridized carbons (Fsp3) is 0.273. The lowest BCUT2D eigenvalue weighted by molar-refractivity contribution is -0.125. The lowest BCUT2D eigenvalue weighted by atomic mass is 9.95. The van der Waals surface area contributed by atoms with E-state index in [1.165, 1.54) is 0 Å². The number of nitrogens with one attached hydrogen (secondary N) is 1. The highest BCUT2D eigenvalue weighted by atomic mass is 35.5. The van der Waals surface area contributed by atoms with Crippen LogP contribution in [0.2, 0.25) is 5.02 Å². The lowest BCUT2D eigenvalue weighted by Crippen LogP contribution is -2.41. The molecule has 28 heavy (non-hydrogen) atoms. The first-order valence-corrected chi connectivity index (χ1v) is 9.94. The maximum absolute atomic E-state index is 12.6. The van der Waals surface area contributed by atoms with Crippen LogP contribution < -0.4 is 10.2 Å². The summed E-state index contributed by atoms with van der Waals surface area (Å²) < 4.78 is 2.08. The zero-order valence-corrected chi connectivity index (χ0v) is 16.3. The van der Waals surface area contributed by atoms with Gasteiger partial charge in [-0.3, -0.25) is 4.79 Å². The molecule has 1 N–H and O–H groups in total. The van der Waals surface area contributed by atoms with Gasteiger partial charge in [-0.15, -0.1) is 0 Å². The van der Waals surface area contributed by atoms with E-state index in [1.807, 2.05) is 61.1 Å². The fourth-order valence-electron chi connectivity index (χ4n) is 3.62. The summed E-state index contributed by atoms with van der Waals surface area (Å²) in [5, 5.41) is 3.76. The molecule has 1 saturated heterocycles. The van der Waals surface area contributed by atoms with Crippen molar-refractivity contribution in [3.05, 3.63) is 77.7 Å². The van der Waals surface area contributed by atoms with Gasteiger partial charge < -0.3 is 14.8 Å². The molecule has 1 amide bonds. The second-order valence-electron chi connectivity index (χ2n) is 7.04. The molecule has 0 spiro atoms. The van der Waals surface area contributed by atoms with Gasteiger partial charge in [-0.1, -0.05) is 23.7 Å². The van der Waals surface area contributed by atoms with E-state index in [2.05, 4.69) is 25.8 Å². The van der Waals surface area contributed by atoms with Crippen molar-refractivity contribution < 1.29 is 4.79 Å². The summed E-state index contributed by atoms with van der Waals surface area (Å²) >= 11 is 5.91. The summed E-state index contributed by atoms with van der Waals surface area (Å²) in [4.78, 5) is 19.4. The summed E-state index contributed by atoms with van der Waals surface area (Å²) in [6, 6.07) is 15.6. The molecule has 4 rings (SSSR count). The summed E-state index contributed by atoms with van der Waals surface area (Å²) in [5.41, 5.74) is 2.12. The zero-order valence-electron chi connectivity index (χ0n) is 15.6. The monoisotopic (exact) mass is 394 g/mol. The van der Waals surface area contributed by atoms with E-state index < -0.39 is 0 Å². The van der Waals surface area contributed by atoms with Gasteiger partial charge >= 0.3 is 0 Å². The number of rotatable bonds is 5. The van der Waals surface area contributed by atoms with Gasteiger partial charge in [0.25, 0.3) is 0 Å². The average Bonchev–Trinajstić information content (AvgIpc) is 3.28. The van der Waals surface area contributed by atoms with Crippen molar-refractivity contribution in [1.29, 1.82) is 0 Å². The number of aromatic nitrogens is 2. The Morgan fingerprint density at radius 1 is 1.07 bits per heavy atom. The summed E-state index contributed by atoms with van der Waals surface area (Å²) in [7, 11) is 0. The average molecular weight is 395 g/mol. The minimum atomic E-state index is 0.0438. The molecule has 2 aromatic heterocycles. The van der Waals surface area contributed by atoms with Gasteiger partial charge in [0.1, 0.15) is 0 Å². The van der Waals surface area contributed by atoms with Gasteiger partial charge in [0.15, 0.2) is 5.82 Å². The highest BCUT2D eigenvalue weighted by molar-refractivity contribution is 6.30. The van der Waals surface area contributed by atoms with Gasteiger partial charge in [-0.25, -0.2) is 4.98 Å². The van der Waals surface area contributed by atoms with Gasteiger partial charge in [0, 0.05) is 49.2 Å². The van der Waals surface area contributed by atoms with Crippen LogP contribution in [-0.2, 0) is 11.3 Å². The van der Waals surface area contributed by atoms with Gasteiger partial charge in [-0.2, -0.15) is 0 Å². The van der Waals surface area contributed by atoms with E-state index in [9.17, 15) is 4.79 Å². The quantitative estimate of drug-likeness (QED) is 0.710. The second kappa shape index (κ2) is 8.48. The van der Waals surface area contributed by atoms with Crippen LogP contribution in [0.5, 0.6) is 0 Å². The van der Waals surface area contributed by atoms with E-state index in [4.69, 9.17) is 11.6 Å². The van der Waals surface area contributed by atoms with Crippen molar-refractivity contribution in [2.45, 2.75) is 19.4 Å². The predicted molar refractivity (Wildman–Crippen MR) is 112 cm³/mol. The molecule has 6 heteroatoms. The third-order valence-corrected chi connectivity index (χ3v) is 5.45. The molecular formula is C22H23ClN4O. The molecule has 0 radical (unpaired) electrons. The van der Waals surface area contributed by atoms with E-state index in [0.717, 1.165) is 43.0 Å². The van der Waals surface area contributed by atoms with Crippen LogP contribution in [0.15, 0.2) is 67.1 Å². The van der Waals surface area contributed by atoms with Crippen molar-refractivity contribution >= 4 is 23.3 Å². The van der Waals surface area contributed by atoms with Crippen LogP contribution in [0, 0.1) is 5.92 Å². The SMILES string of the molecule is O=C(NCc1ccc(Cl)cc1)C1CCN(c2ncccc2-n2cccc2)CC1. The van der Waals surface area contributed by atoms with Gasteiger partial charge in [-0.05, 0) is 54.8 Å². The molecule has 1 aromatic carbocycles. The Hall–Kier alpha value is -2.79. The number of carbonyl (C=O) groups excluding carboxylic acids is 1. The summed E-state index contributed by atoms with van der Waals surface area (Å²) in [5.74, 6) is 1.14. The Balaban J connectivity index is 1.35. The Labute approximate surface area is 170 Å². The highest BCUT2D eigenvalue weighted by Crippen LogP contribution is 2.27. The molecule has 0 atom stereocenters. The molecule has 3 heterocycles. The number of piperidine rings is 1. The van der Waals surface area contributed by atoms with E-state index in [-0.39, 0.29) is 11.8 Å². The topological polar surface area (TPSA) is 50.2 Å². The molecule has 0 aliphatic carbocycles. The minimum Gasteiger partial charge on any atom is -0.355 e. The van der Waals surface area contributed by atoms with Crippen LogP contribution in [0.1, 0.15) is 18.4 Å². The van der Waals surface area contributed by atoms with Crippen molar-refractivity contribution in [3.63, 3.8) is 0 Å². The molecule has 0 unspecified atom stereocenters. The Bertz CT molecular complexity index is 916. The number of hydrogen-bond donors (Lipinski definition) is 1. The first-order valence-electron chi connectivity index (χ1n) is 9.56. The standard InChI is InChI=1S/C22H23ClN4O/c23-19-7-5-17(6-8-19)16-25-22(28)18-9-14-27(15-10-18)21-20(4-3-11-24-21)26-12-1-2-13-26/h1-8,11-13,18H,9-10,14-16H2,(H,25,28). The smallest absolute Gasteiger partial charge is 0.223 e. The van der Waals surface area contributed by atoms with Crippen molar-refractivity contribution in [2.24, 2.45) is 5.92 Å². The van der Waals surface area contributed by atoms with Crippen LogP contribution in [-0.4, -0.2) is 28.5 Å². The largest absolute Gasteiger partial charge is 0.355 e. The number of pyridine rings is 1. The maximum atomic E-state index is 12.6. The number of anilines is 1. The molecule has 5 nitrogen and oxygen atoms in total. The normalized spacial score (nSPS) is 14.8. The number of benzene rings is 1. The second-order valence-corrected chi connectivity index (χ2v) is 7.48. The van der Waals surface area contributed by atoms with Crippen LogP contribution in [0.3, 0.4) is 0 Å². The Kier molecular flexibility index (Phi) is 5.63. The number of nitrogens with zero attached hydrogens (tertiary/aromatic N) is 3. The van der Waals surface area contributed by atoms with E-state index in [0.29, 0.717) is 11.6 Å². The molecule has 1 aliphatic heterocycles. The summed E-state index contributed by atoms with van der Waals surface area (Å²) in [6.45, 7) is 2.18. The number of hydrogen-bond acceptors (Lipinski definition) is 3. The molecule has 1 aliphatic rings. The number of carbonyl (C=O) groups is 1. The summed E-state index contributed by atoms with van der Waals surface area (Å²) in [6.07, 6.45) is 7.53. The number of amides is 1. The van der Waals surface area contributed by atoms with Crippen molar-refractivity contribution in [1.82, 2.24) is 14.9 Å². The Morgan fingerprint density at radius 2 is 1.79 bits per heavy atom. The minimum absolute atomic E-state index is 0.0438. The number of halogens is 1. The third kappa shape index (κ3) is 4.20. The molecule has 1 fully saturated rings. The van der Waals surface area contributed by atoms with Crippen molar-refractivity contribution in [3.8, 4) is 5.69 Å². The Morgan fingerprint density at radius 3 is 2.50 bits per heavy atom. The lowest BCUT2D eigenvalue weighted by Gasteiger charge is -2.33. The van der Waals surface area contributed by atoms with Gasteiger partial charge in [0.2, 0.25) is 5.91 Å². The first-order chi connectivity index (χ1) is 13.7. The third-order valence-electron chi connectivity index (χ3n) is 5.19. The molecule has 144 valence electrons. The van der Waals surface area contributed by atoms with E-state index >= 15 is 0 Å². The van der Waals surface area contributed by atoms with E-state index in [1.54, 1.807) is 0 Å². The predicted octanol–water partition coefficient (Wildman–Crippen LogP) is 4.06. The molecule has 0 saturated carbocycles. The van der Waals surface area contributed by atoms with Crippen LogP contribution in [0.25, 0.3) is 5.69 Å². The van der Waals surface area contributed by atoms with Crippen LogP contribution >= 0.6 is 11.6 Å². The van der Waals surface area contributed by atoms with Crippen molar-refractivity contribution in [2.75, 3.05) is 18.0 Å². The highest BCUT2D eigenvalue weighted by Gasteiger charge is 2.26. The maximum Gasteiger partial charge on any atom is 0.223 e. The fourth-order valence-corrected chi connectivity index (χ4v) is 3.74. The molecular weight excluding hydrogens is 372 g/mol. The zero-order chi connectivity index (χ0) is 19.3. The molecule has 3 aromatic rings. The first kappa shape index (κ1) is 18.6.